The van der Waals surface area contributed by atoms with Crippen molar-refractivity contribution in [1.82, 2.24) is 10.1 Å². The average Bonchev–Trinajstić information content (AvgIpc) is 3.11. The molecule has 1 aromatic carbocycles. The summed E-state index contributed by atoms with van der Waals surface area (Å²) in [6.45, 7) is 6.44. The van der Waals surface area contributed by atoms with Crippen molar-refractivity contribution in [3.63, 3.8) is 0 Å². The number of aryl methyl sites for hydroxylation is 1. The molecule has 0 unspecified atom stereocenters. The van der Waals surface area contributed by atoms with Crippen LogP contribution in [0, 0.1) is 6.92 Å². The van der Waals surface area contributed by atoms with Gasteiger partial charge in [0.2, 0.25) is 6.79 Å². The molecule has 0 fully saturated rings. The molecule has 0 N–H and O–H groups in total. The lowest BCUT2D eigenvalue weighted by Crippen LogP contribution is -2.36. The molecule has 6 nitrogen and oxygen atoms in total. The lowest BCUT2D eigenvalue weighted by atomic mass is 10.1. The number of ether oxygens (including phenoxy) is 2. The minimum atomic E-state index is -0.0913. The quantitative estimate of drug-likeness (QED) is 0.869. The number of amides is 1. The second kappa shape index (κ2) is 5.71. The number of benzene rings is 1. The highest BCUT2D eigenvalue weighted by molar-refractivity contribution is 5.95. The van der Waals surface area contributed by atoms with E-state index in [-0.39, 0.29) is 18.7 Å². The summed E-state index contributed by atoms with van der Waals surface area (Å²) < 4.78 is 15.6. The van der Waals surface area contributed by atoms with Crippen LogP contribution in [-0.4, -0.2) is 28.8 Å². The van der Waals surface area contributed by atoms with E-state index in [0.717, 1.165) is 17.1 Å². The molecule has 0 bridgehead atoms. The SMILES string of the molecule is Cc1nocc1C(=O)N(Cc1ccc2c(c1)OCO2)C(C)C. The Kier molecular flexibility index (Phi) is 3.75. The second-order valence-electron chi connectivity index (χ2n) is 5.53. The number of carbonyl (C=O) groups excluding carboxylic acids is 1. The topological polar surface area (TPSA) is 64.8 Å². The van der Waals surface area contributed by atoms with E-state index < -0.39 is 0 Å². The maximum atomic E-state index is 12.7. The van der Waals surface area contributed by atoms with Crippen LogP contribution in [0.4, 0.5) is 0 Å². The lowest BCUT2D eigenvalue weighted by Gasteiger charge is -2.26. The molecule has 1 amide bonds. The van der Waals surface area contributed by atoms with Crippen LogP contribution in [0.25, 0.3) is 0 Å². The van der Waals surface area contributed by atoms with Gasteiger partial charge in [0, 0.05) is 12.6 Å². The minimum Gasteiger partial charge on any atom is -0.454 e. The largest absolute Gasteiger partial charge is 0.454 e. The molecule has 0 spiro atoms. The third-order valence-electron chi connectivity index (χ3n) is 3.65. The Morgan fingerprint density at radius 1 is 1.32 bits per heavy atom. The van der Waals surface area contributed by atoms with Gasteiger partial charge in [-0.25, -0.2) is 0 Å². The highest BCUT2D eigenvalue weighted by Gasteiger charge is 2.23. The fourth-order valence-electron chi connectivity index (χ4n) is 2.38. The molecule has 2 heterocycles. The first-order chi connectivity index (χ1) is 10.6. The van der Waals surface area contributed by atoms with Crippen LogP contribution >= 0.6 is 0 Å². The molecular formula is C16H18N2O4. The average molecular weight is 302 g/mol. The Morgan fingerprint density at radius 3 is 2.77 bits per heavy atom. The summed E-state index contributed by atoms with van der Waals surface area (Å²) in [4.78, 5) is 14.5. The van der Waals surface area contributed by atoms with Crippen LogP contribution < -0.4 is 9.47 Å². The molecule has 0 aliphatic carbocycles. The van der Waals surface area contributed by atoms with Gasteiger partial charge in [-0.3, -0.25) is 4.79 Å². The Hall–Kier alpha value is -2.50. The van der Waals surface area contributed by atoms with Crippen molar-refractivity contribution in [1.29, 1.82) is 0 Å². The highest BCUT2D eigenvalue weighted by atomic mass is 16.7. The summed E-state index contributed by atoms with van der Waals surface area (Å²) in [6.07, 6.45) is 1.40. The highest BCUT2D eigenvalue weighted by Crippen LogP contribution is 2.33. The van der Waals surface area contributed by atoms with Gasteiger partial charge < -0.3 is 18.9 Å². The first-order valence-electron chi connectivity index (χ1n) is 7.16. The van der Waals surface area contributed by atoms with E-state index >= 15 is 0 Å². The number of hydrogen-bond acceptors (Lipinski definition) is 5. The van der Waals surface area contributed by atoms with Crippen molar-refractivity contribution in [2.24, 2.45) is 0 Å². The molecule has 1 aromatic heterocycles. The summed E-state index contributed by atoms with van der Waals surface area (Å²) in [5, 5.41) is 3.77. The normalized spacial score (nSPS) is 12.7. The molecule has 6 heteroatoms. The summed E-state index contributed by atoms with van der Waals surface area (Å²) in [6, 6.07) is 5.76. The summed E-state index contributed by atoms with van der Waals surface area (Å²) in [7, 11) is 0. The molecule has 1 aliphatic heterocycles. The van der Waals surface area contributed by atoms with E-state index in [4.69, 9.17) is 14.0 Å². The van der Waals surface area contributed by atoms with Crippen molar-refractivity contribution in [2.45, 2.75) is 33.4 Å². The van der Waals surface area contributed by atoms with E-state index in [2.05, 4.69) is 5.16 Å². The molecule has 0 saturated carbocycles. The summed E-state index contributed by atoms with van der Waals surface area (Å²) in [5.41, 5.74) is 2.08. The zero-order valence-corrected chi connectivity index (χ0v) is 12.8. The van der Waals surface area contributed by atoms with Crippen molar-refractivity contribution < 1.29 is 18.8 Å². The van der Waals surface area contributed by atoms with Gasteiger partial charge in [-0.2, -0.15) is 0 Å². The first-order valence-corrected chi connectivity index (χ1v) is 7.16. The fourth-order valence-corrected chi connectivity index (χ4v) is 2.38. The predicted octanol–water partition coefficient (Wildman–Crippen LogP) is 2.76. The number of carbonyl (C=O) groups is 1. The molecule has 0 radical (unpaired) electrons. The van der Waals surface area contributed by atoms with Gasteiger partial charge in [0.15, 0.2) is 11.5 Å². The zero-order valence-electron chi connectivity index (χ0n) is 12.8. The van der Waals surface area contributed by atoms with E-state index in [1.54, 1.807) is 11.8 Å². The van der Waals surface area contributed by atoms with Crippen LogP contribution in [0.5, 0.6) is 11.5 Å². The number of nitrogens with zero attached hydrogens (tertiary/aromatic N) is 2. The molecular weight excluding hydrogens is 284 g/mol. The zero-order chi connectivity index (χ0) is 15.7. The number of hydrogen-bond donors (Lipinski definition) is 0. The third kappa shape index (κ3) is 2.64. The van der Waals surface area contributed by atoms with E-state index in [1.165, 1.54) is 6.26 Å². The maximum absolute atomic E-state index is 12.7. The van der Waals surface area contributed by atoms with Crippen LogP contribution in [-0.2, 0) is 6.54 Å². The van der Waals surface area contributed by atoms with E-state index in [9.17, 15) is 4.79 Å². The third-order valence-corrected chi connectivity index (χ3v) is 3.65. The van der Waals surface area contributed by atoms with Crippen molar-refractivity contribution in [2.75, 3.05) is 6.79 Å². The van der Waals surface area contributed by atoms with Gasteiger partial charge in [0.05, 0.1) is 5.69 Å². The van der Waals surface area contributed by atoms with Gasteiger partial charge >= 0.3 is 0 Å². The van der Waals surface area contributed by atoms with Gasteiger partial charge in [0.25, 0.3) is 5.91 Å². The fraction of sp³-hybridized carbons (Fsp3) is 0.375. The Labute approximate surface area is 128 Å². The minimum absolute atomic E-state index is 0.0484. The molecule has 2 aromatic rings. The molecule has 1 aliphatic rings. The van der Waals surface area contributed by atoms with Gasteiger partial charge in [-0.05, 0) is 38.5 Å². The van der Waals surface area contributed by atoms with Crippen LogP contribution in [0.15, 0.2) is 29.0 Å². The predicted molar refractivity (Wildman–Crippen MR) is 78.8 cm³/mol. The molecule has 3 rings (SSSR count). The van der Waals surface area contributed by atoms with Crippen LogP contribution in [0.1, 0.15) is 35.5 Å². The Bertz CT molecular complexity index is 693. The number of fused-ring (bicyclic) bond motifs is 1. The van der Waals surface area contributed by atoms with Gasteiger partial charge in [-0.15, -0.1) is 0 Å². The monoisotopic (exact) mass is 302 g/mol. The first kappa shape index (κ1) is 14.4. The Morgan fingerprint density at radius 2 is 2.09 bits per heavy atom. The maximum Gasteiger partial charge on any atom is 0.259 e. The van der Waals surface area contributed by atoms with Crippen molar-refractivity contribution >= 4 is 5.91 Å². The number of rotatable bonds is 4. The number of aromatic nitrogens is 1. The van der Waals surface area contributed by atoms with Gasteiger partial charge in [-0.1, -0.05) is 11.2 Å². The summed E-state index contributed by atoms with van der Waals surface area (Å²) >= 11 is 0. The summed E-state index contributed by atoms with van der Waals surface area (Å²) in [5.74, 6) is 1.36. The molecule has 116 valence electrons. The van der Waals surface area contributed by atoms with Crippen molar-refractivity contribution in [3.8, 4) is 11.5 Å². The Balaban J connectivity index is 1.83. The standard InChI is InChI=1S/C16H18N2O4/c1-10(2)18(16(19)13-8-22-17-11(13)3)7-12-4-5-14-15(6-12)21-9-20-14/h4-6,8,10H,7,9H2,1-3H3. The van der Waals surface area contributed by atoms with Crippen LogP contribution in [0.3, 0.4) is 0 Å². The van der Waals surface area contributed by atoms with E-state index in [1.807, 2.05) is 32.0 Å². The molecule has 22 heavy (non-hydrogen) atoms. The smallest absolute Gasteiger partial charge is 0.259 e. The van der Waals surface area contributed by atoms with E-state index in [0.29, 0.717) is 17.8 Å². The van der Waals surface area contributed by atoms with Crippen LogP contribution in [0.2, 0.25) is 0 Å². The van der Waals surface area contributed by atoms with Gasteiger partial charge in [0.1, 0.15) is 11.8 Å². The molecule has 0 saturated heterocycles. The molecule has 0 atom stereocenters. The lowest BCUT2D eigenvalue weighted by molar-refractivity contribution is 0.0688. The van der Waals surface area contributed by atoms with Crippen molar-refractivity contribution in [3.05, 3.63) is 41.3 Å². The second-order valence-corrected chi connectivity index (χ2v) is 5.53.